The number of hydrogen-bond donors (Lipinski definition) is 1. The highest BCUT2D eigenvalue weighted by Gasteiger charge is 2.20. The van der Waals surface area contributed by atoms with Gasteiger partial charge in [0.15, 0.2) is 5.82 Å². The molecule has 3 rings (SSSR count). The predicted molar refractivity (Wildman–Crippen MR) is 90.2 cm³/mol. The molecule has 0 amide bonds. The van der Waals surface area contributed by atoms with E-state index in [0.717, 1.165) is 18.0 Å². The fourth-order valence-corrected chi connectivity index (χ4v) is 2.40. The number of hydrogen-bond acceptors (Lipinski definition) is 6. The van der Waals surface area contributed by atoms with E-state index >= 15 is 0 Å². The summed E-state index contributed by atoms with van der Waals surface area (Å²) in [5.41, 5.74) is -0.747. The average Bonchev–Trinajstić information content (AvgIpc) is 3.09. The normalized spacial score (nSPS) is 10.9. The summed E-state index contributed by atoms with van der Waals surface area (Å²) < 4.78 is 59.1. The summed E-state index contributed by atoms with van der Waals surface area (Å²) in [4.78, 5) is 19.3. The van der Waals surface area contributed by atoms with Gasteiger partial charge in [-0.25, -0.2) is 32.3 Å². The molecule has 0 atom stereocenters. The minimum Gasteiger partial charge on any atom is -0.465 e. The fraction of sp³-hybridized carbons (Fsp3) is 0.176. The molecule has 0 spiro atoms. The maximum absolute atomic E-state index is 14.6. The van der Waals surface area contributed by atoms with Crippen LogP contribution < -0.4 is 5.32 Å². The first-order valence-corrected chi connectivity index (χ1v) is 7.86. The Bertz CT molecular complexity index is 1010. The second-order valence-electron chi connectivity index (χ2n) is 5.52. The van der Waals surface area contributed by atoms with Crippen LogP contribution in [0.1, 0.15) is 10.4 Å². The molecule has 0 bridgehead atoms. The number of ether oxygens (including phenoxy) is 1. The maximum atomic E-state index is 14.6. The summed E-state index contributed by atoms with van der Waals surface area (Å²) in [6, 6.07) is 3.80. The minimum atomic E-state index is -2.58. The molecule has 28 heavy (non-hydrogen) atoms. The number of carbonyl (C=O) groups excluding carboxylic acids is 1. The average molecular weight is 395 g/mol. The summed E-state index contributed by atoms with van der Waals surface area (Å²) in [6.45, 7) is -0.595. The Kier molecular flexibility index (Phi) is 5.52. The molecular formula is C17H13F4N5O2. The zero-order chi connectivity index (χ0) is 20.3. The van der Waals surface area contributed by atoms with Crippen molar-refractivity contribution in [1.82, 2.24) is 19.7 Å². The van der Waals surface area contributed by atoms with Crippen molar-refractivity contribution in [3.63, 3.8) is 0 Å². The van der Waals surface area contributed by atoms with Crippen LogP contribution in [0.15, 0.2) is 36.8 Å². The van der Waals surface area contributed by atoms with Gasteiger partial charge in [-0.1, -0.05) is 6.07 Å². The SMILES string of the molecule is COC(=O)c1cccc(-c2nc(Nc3cnn(CC(F)F)c3)ncc2F)c1F. The Labute approximate surface area is 156 Å². The molecule has 0 radical (unpaired) electrons. The van der Waals surface area contributed by atoms with Crippen LogP contribution in [0.25, 0.3) is 11.3 Å². The first-order chi connectivity index (χ1) is 13.4. The van der Waals surface area contributed by atoms with E-state index < -0.39 is 30.6 Å². The van der Waals surface area contributed by atoms with E-state index in [1.807, 2.05) is 0 Å². The Morgan fingerprint density at radius 2 is 2.07 bits per heavy atom. The molecule has 0 saturated carbocycles. The Morgan fingerprint density at radius 1 is 1.29 bits per heavy atom. The Balaban J connectivity index is 1.92. The van der Waals surface area contributed by atoms with Gasteiger partial charge in [0.1, 0.15) is 18.1 Å². The van der Waals surface area contributed by atoms with Crippen molar-refractivity contribution in [3.05, 3.63) is 54.0 Å². The molecule has 0 aliphatic rings. The van der Waals surface area contributed by atoms with Crippen molar-refractivity contribution < 1.29 is 27.1 Å². The van der Waals surface area contributed by atoms with Gasteiger partial charge in [0, 0.05) is 11.8 Å². The number of benzene rings is 1. The lowest BCUT2D eigenvalue weighted by Gasteiger charge is -2.09. The molecule has 0 aliphatic heterocycles. The molecule has 11 heteroatoms. The van der Waals surface area contributed by atoms with E-state index in [1.54, 1.807) is 0 Å². The second-order valence-corrected chi connectivity index (χ2v) is 5.52. The number of anilines is 2. The van der Waals surface area contributed by atoms with Crippen LogP contribution in [-0.2, 0) is 11.3 Å². The number of nitrogens with zero attached hydrogens (tertiary/aromatic N) is 4. The number of nitrogens with one attached hydrogen (secondary N) is 1. The smallest absolute Gasteiger partial charge is 0.340 e. The quantitative estimate of drug-likeness (QED) is 0.509. The highest BCUT2D eigenvalue weighted by Crippen LogP contribution is 2.27. The third kappa shape index (κ3) is 4.08. The topological polar surface area (TPSA) is 81.9 Å². The first-order valence-electron chi connectivity index (χ1n) is 7.86. The lowest BCUT2D eigenvalue weighted by atomic mass is 10.1. The number of alkyl halides is 2. The predicted octanol–water partition coefficient (Wildman–Crippen LogP) is 3.41. The van der Waals surface area contributed by atoms with Crippen LogP contribution in [0.2, 0.25) is 0 Å². The molecular weight excluding hydrogens is 382 g/mol. The minimum absolute atomic E-state index is 0.115. The van der Waals surface area contributed by atoms with Gasteiger partial charge in [-0.15, -0.1) is 0 Å². The number of carbonyl (C=O) groups is 1. The zero-order valence-electron chi connectivity index (χ0n) is 14.4. The molecule has 1 N–H and O–H groups in total. The number of halogens is 4. The van der Waals surface area contributed by atoms with Crippen molar-refractivity contribution in [1.29, 1.82) is 0 Å². The van der Waals surface area contributed by atoms with Gasteiger partial charge in [0.2, 0.25) is 5.95 Å². The number of rotatable bonds is 6. The lowest BCUT2D eigenvalue weighted by molar-refractivity contribution is 0.0595. The first kappa shape index (κ1) is 19.3. The molecule has 0 aliphatic carbocycles. The molecule has 0 fully saturated rings. The van der Waals surface area contributed by atoms with Gasteiger partial charge in [-0.05, 0) is 12.1 Å². The van der Waals surface area contributed by atoms with Crippen LogP contribution in [-0.4, -0.2) is 39.3 Å². The monoisotopic (exact) mass is 395 g/mol. The van der Waals surface area contributed by atoms with Crippen molar-refractivity contribution in [2.24, 2.45) is 0 Å². The summed E-state index contributed by atoms with van der Waals surface area (Å²) in [6.07, 6.45) is 0.787. The number of methoxy groups -OCH3 is 1. The highest BCUT2D eigenvalue weighted by atomic mass is 19.3. The summed E-state index contributed by atoms with van der Waals surface area (Å²) >= 11 is 0. The van der Waals surface area contributed by atoms with Crippen LogP contribution in [0.4, 0.5) is 29.2 Å². The molecule has 0 unspecified atom stereocenters. The van der Waals surface area contributed by atoms with Gasteiger partial charge >= 0.3 is 5.97 Å². The largest absolute Gasteiger partial charge is 0.465 e. The molecule has 146 valence electrons. The lowest BCUT2D eigenvalue weighted by Crippen LogP contribution is -2.07. The van der Waals surface area contributed by atoms with E-state index in [1.165, 1.54) is 30.6 Å². The molecule has 3 aromatic rings. The van der Waals surface area contributed by atoms with Crippen molar-refractivity contribution >= 4 is 17.6 Å². The van der Waals surface area contributed by atoms with Crippen LogP contribution in [0, 0.1) is 11.6 Å². The van der Waals surface area contributed by atoms with Crippen LogP contribution in [0.3, 0.4) is 0 Å². The zero-order valence-corrected chi connectivity index (χ0v) is 14.4. The van der Waals surface area contributed by atoms with Gasteiger partial charge in [0.05, 0.1) is 30.8 Å². The Hall–Kier alpha value is -3.50. The van der Waals surface area contributed by atoms with Gasteiger partial charge in [-0.2, -0.15) is 5.10 Å². The van der Waals surface area contributed by atoms with E-state index in [2.05, 4.69) is 25.1 Å². The molecule has 7 nitrogen and oxygen atoms in total. The van der Waals surface area contributed by atoms with E-state index in [-0.39, 0.29) is 28.5 Å². The number of aromatic nitrogens is 4. The Morgan fingerprint density at radius 3 is 2.79 bits per heavy atom. The van der Waals surface area contributed by atoms with Gasteiger partial charge in [0.25, 0.3) is 6.43 Å². The third-order valence-electron chi connectivity index (χ3n) is 3.62. The van der Waals surface area contributed by atoms with E-state index in [4.69, 9.17) is 0 Å². The van der Waals surface area contributed by atoms with E-state index in [0.29, 0.717) is 0 Å². The van der Waals surface area contributed by atoms with Crippen molar-refractivity contribution in [2.75, 3.05) is 12.4 Å². The third-order valence-corrected chi connectivity index (χ3v) is 3.62. The summed E-state index contributed by atoms with van der Waals surface area (Å²) in [5.74, 6) is -2.95. The molecule has 1 aromatic carbocycles. The van der Waals surface area contributed by atoms with Gasteiger partial charge in [-0.3, -0.25) is 4.68 Å². The van der Waals surface area contributed by atoms with Gasteiger partial charge < -0.3 is 10.1 Å². The standard InChI is InChI=1S/C17H13F4N5O2/c1-28-16(27)11-4-2-3-10(14(11)21)15-12(18)6-22-17(25-15)24-9-5-23-26(7-9)8-13(19)20/h2-7,13H,8H2,1H3,(H,22,24,25). The number of esters is 1. The van der Waals surface area contributed by atoms with E-state index in [9.17, 15) is 22.4 Å². The molecule has 0 saturated heterocycles. The van der Waals surface area contributed by atoms with Crippen LogP contribution in [0.5, 0.6) is 0 Å². The second kappa shape index (κ2) is 8.03. The summed E-state index contributed by atoms with van der Waals surface area (Å²) in [7, 11) is 1.09. The van der Waals surface area contributed by atoms with Crippen molar-refractivity contribution in [3.8, 4) is 11.3 Å². The molecule has 2 heterocycles. The highest BCUT2D eigenvalue weighted by molar-refractivity contribution is 5.91. The molecule has 2 aromatic heterocycles. The summed E-state index contributed by atoms with van der Waals surface area (Å²) in [5, 5.41) is 6.41. The fourth-order valence-electron chi connectivity index (χ4n) is 2.40. The maximum Gasteiger partial charge on any atom is 0.340 e. The van der Waals surface area contributed by atoms with Crippen LogP contribution >= 0.6 is 0 Å². The van der Waals surface area contributed by atoms with Crippen molar-refractivity contribution in [2.45, 2.75) is 13.0 Å².